The Morgan fingerprint density at radius 3 is 2.24 bits per heavy atom. The van der Waals surface area contributed by atoms with Crippen LogP contribution in [0, 0.1) is 5.41 Å². The van der Waals surface area contributed by atoms with Crippen molar-refractivity contribution in [1.29, 1.82) is 0 Å². The molecule has 25 heavy (non-hydrogen) atoms. The van der Waals surface area contributed by atoms with E-state index in [1.54, 1.807) is 24.1 Å². The third kappa shape index (κ3) is 3.95. The Labute approximate surface area is 149 Å². The lowest BCUT2D eigenvalue weighted by Gasteiger charge is -2.40. The van der Waals surface area contributed by atoms with Crippen molar-refractivity contribution in [2.24, 2.45) is 11.1 Å². The zero-order valence-corrected chi connectivity index (χ0v) is 15.5. The molecular weight excluding hydrogens is 318 g/mol. The second-order valence-corrected chi connectivity index (χ2v) is 6.51. The molecular formula is C19H29N3O3. The largest absolute Gasteiger partial charge is 0.497 e. The van der Waals surface area contributed by atoms with Gasteiger partial charge < -0.3 is 20.3 Å². The summed E-state index contributed by atoms with van der Waals surface area (Å²) >= 11 is 0. The number of nitrogens with zero attached hydrogens (tertiary/aromatic N) is 2. The summed E-state index contributed by atoms with van der Waals surface area (Å²) in [4.78, 5) is 29.2. The smallest absolute Gasteiger partial charge is 0.254 e. The lowest BCUT2D eigenvalue weighted by molar-refractivity contribution is -0.143. The first-order valence-corrected chi connectivity index (χ1v) is 8.94. The molecule has 0 spiro atoms. The molecule has 0 bridgehead atoms. The predicted octanol–water partition coefficient (Wildman–Crippen LogP) is 1.74. The number of carbonyl (C=O) groups is 2. The number of nitrogens with two attached hydrogens (primary N) is 1. The molecule has 2 rings (SSSR count). The molecule has 1 aliphatic heterocycles. The number of amides is 2. The fourth-order valence-corrected chi connectivity index (χ4v) is 3.32. The van der Waals surface area contributed by atoms with Gasteiger partial charge in [-0.05, 0) is 31.0 Å². The minimum atomic E-state index is -0.473. The molecule has 1 heterocycles. The van der Waals surface area contributed by atoms with E-state index in [-0.39, 0.29) is 11.8 Å². The van der Waals surface area contributed by atoms with Gasteiger partial charge in [0, 0.05) is 38.3 Å². The molecule has 6 nitrogen and oxygen atoms in total. The van der Waals surface area contributed by atoms with Crippen LogP contribution in [0.25, 0.3) is 0 Å². The molecule has 0 aliphatic carbocycles. The van der Waals surface area contributed by atoms with E-state index in [2.05, 4.69) is 0 Å². The second-order valence-electron chi connectivity index (χ2n) is 6.51. The van der Waals surface area contributed by atoms with E-state index in [1.807, 2.05) is 30.9 Å². The maximum Gasteiger partial charge on any atom is 0.254 e. The standard InChI is InChI=1S/C19H29N3O3/c1-4-19(5-2,14-20)18(24)22-11-9-21(10-12-22)17(23)15-7-6-8-16(13-15)25-3/h6-8,13H,4-5,9-12,14,20H2,1-3H3. The van der Waals surface area contributed by atoms with E-state index < -0.39 is 5.41 Å². The normalized spacial score (nSPS) is 15.2. The highest BCUT2D eigenvalue weighted by Gasteiger charge is 2.38. The zero-order valence-electron chi connectivity index (χ0n) is 15.5. The molecule has 1 fully saturated rings. The molecule has 2 amide bonds. The number of rotatable bonds is 6. The molecule has 0 aromatic heterocycles. The third-order valence-corrected chi connectivity index (χ3v) is 5.37. The minimum absolute atomic E-state index is 0.0259. The summed E-state index contributed by atoms with van der Waals surface area (Å²) in [5.74, 6) is 0.758. The van der Waals surface area contributed by atoms with Gasteiger partial charge in [-0.25, -0.2) is 0 Å². The van der Waals surface area contributed by atoms with Gasteiger partial charge in [-0.15, -0.1) is 0 Å². The summed E-state index contributed by atoms with van der Waals surface area (Å²) in [6.45, 7) is 6.56. The molecule has 0 saturated carbocycles. The van der Waals surface area contributed by atoms with Crippen molar-refractivity contribution in [3.05, 3.63) is 29.8 Å². The molecule has 1 aliphatic rings. The van der Waals surface area contributed by atoms with E-state index in [1.165, 1.54) is 0 Å². The number of ether oxygens (including phenoxy) is 1. The van der Waals surface area contributed by atoms with Crippen LogP contribution >= 0.6 is 0 Å². The van der Waals surface area contributed by atoms with Gasteiger partial charge in [-0.2, -0.15) is 0 Å². The van der Waals surface area contributed by atoms with Crippen LogP contribution in [0.5, 0.6) is 5.75 Å². The first kappa shape index (κ1) is 19.2. The number of carbonyl (C=O) groups excluding carboxylic acids is 2. The highest BCUT2D eigenvalue weighted by molar-refractivity contribution is 5.95. The summed E-state index contributed by atoms with van der Waals surface area (Å²) in [5, 5.41) is 0. The Kier molecular flexibility index (Phi) is 6.42. The summed E-state index contributed by atoms with van der Waals surface area (Å²) < 4.78 is 5.18. The number of hydrogen-bond acceptors (Lipinski definition) is 4. The number of benzene rings is 1. The molecule has 0 atom stereocenters. The van der Waals surface area contributed by atoms with E-state index in [4.69, 9.17) is 10.5 Å². The van der Waals surface area contributed by atoms with Gasteiger partial charge in [0.25, 0.3) is 5.91 Å². The van der Waals surface area contributed by atoms with Crippen molar-refractivity contribution in [3.63, 3.8) is 0 Å². The van der Waals surface area contributed by atoms with Gasteiger partial charge in [0.05, 0.1) is 12.5 Å². The molecule has 6 heteroatoms. The molecule has 1 aromatic carbocycles. The first-order chi connectivity index (χ1) is 12.0. The molecule has 0 radical (unpaired) electrons. The number of piperazine rings is 1. The maximum atomic E-state index is 12.9. The minimum Gasteiger partial charge on any atom is -0.497 e. The van der Waals surface area contributed by atoms with Crippen molar-refractivity contribution in [2.75, 3.05) is 39.8 Å². The van der Waals surface area contributed by atoms with Crippen LogP contribution in [0.1, 0.15) is 37.0 Å². The summed E-state index contributed by atoms with van der Waals surface area (Å²) in [6.07, 6.45) is 1.48. The van der Waals surface area contributed by atoms with Gasteiger partial charge in [0.1, 0.15) is 5.75 Å². The Morgan fingerprint density at radius 1 is 1.12 bits per heavy atom. The predicted molar refractivity (Wildman–Crippen MR) is 97.5 cm³/mol. The monoisotopic (exact) mass is 347 g/mol. The second kappa shape index (κ2) is 8.34. The molecule has 1 saturated heterocycles. The Hall–Kier alpha value is -2.08. The molecule has 2 N–H and O–H groups in total. The van der Waals surface area contributed by atoms with E-state index in [0.717, 1.165) is 12.8 Å². The van der Waals surface area contributed by atoms with Crippen molar-refractivity contribution in [2.45, 2.75) is 26.7 Å². The Bertz CT molecular complexity index is 597. The lowest BCUT2D eigenvalue weighted by atomic mass is 9.81. The SMILES string of the molecule is CCC(CC)(CN)C(=O)N1CCN(C(=O)c2cccc(OC)c2)CC1. The maximum absolute atomic E-state index is 12.9. The summed E-state index contributed by atoms with van der Waals surface area (Å²) in [7, 11) is 1.58. The van der Waals surface area contributed by atoms with Gasteiger partial charge in [-0.3, -0.25) is 9.59 Å². The van der Waals surface area contributed by atoms with Crippen molar-refractivity contribution < 1.29 is 14.3 Å². The topological polar surface area (TPSA) is 75.9 Å². The van der Waals surface area contributed by atoms with E-state index in [9.17, 15) is 9.59 Å². The van der Waals surface area contributed by atoms with E-state index in [0.29, 0.717) is 44.0 Å². The van der Waals surface area contributed by atoms with E-state index >= 15 is 0 Å². The molecule has 0 unspecified atom stereocenters. The summed E-state index contributed by atoms with van der Waals surface area (Å²) in [6, 6.07) is 7.16. The first-order valence-electron chi connectivity index (χ1n) is 8.94. The zero-order chi connectivity index (χ0) is 18.4. The van der Waals surface area contributed by atoms with Gasteiger partial charge in [-0.1, -0.05) is 19.9 Å². The van der Waals surface area contributed by atoms with Gasteiger partial charge in [0.2, 0.25) is 5.91 Å². The third-order valence-electron chi connectivity index (χ3n) is 5.37. The Balaban J connectivity index is 2.01. The molecule has 1 aromatic rings. The van der Waals surface area contributed by atoms with Crippen LogP contribution in [0.3, 0.4) is 0 Å². The van der Waals surface area contributed by atoms with Crippen LogP contribution in [-0.2, 0) is 4.79 Å². The van der Waals surface area contributed by atoms with Crippen molar-refractivity contribution >= 4 is 11.8 Å². The average molecular weight is 347 g/mol. The summed E-state index contributed by atoms with van der Waals surface area (Å²) in [5.41, 5.74) is 6.03. The van der Waals surface area contributed by atoms with Crippen molar-refractivity contribution in [1.82, 2.24) is 9.80 Å². The fourth-order valence-electron chi connectivity index (χ4n) is 3.32. The van der Waals surface area contributed by atoms with Gasteiger partial charge in [0.15, 0.2) is 0 Å². The fraction of sp³-hybridized carbons (Fsp3) is 0.579. The van der Waals surface area contributed by atoms with Crippen LogP contribution in [0.4, 0.5) is 0 Å². The Morgan fingerprint density at radius 2 is 1.72 bits per heavy atom. The highest BCUT2D eigenvalue weighted by Crippen LogP contribution is 2.28. The number of methoxy groups -OCH3 is 1. The van der Waals surface area contributed by atoms with Crippen LogP contribution in [0.2, 0.25) is 0 Å². The van der Waals surface area contributed by atoms with Crippen LogP contribution < -0.4 is 10.5 Å². The lowest BCUT2D eigenvalue weighted by Crippen LogP contribution is -2.55. The van der Waals surface area contributed by atoms with Gasteiger partial charge >= 0.3 is 0 Å². The molecule has 138 valence electrons. The van der Waals surface area contributed by atoms with Crippen molar-refractivity contribution in [3.8, 4) is 5.75 Å². The average Bonchev–Trinajstić information content (AvgIpc) is 2.69. The van der Waals surface area contributed by atoms with Crippen LogP contribution in [0.15, 0.2) is 24.3 Å². The van der Waals surface area contributed by atoms with Crippen LogP contribution in [-0.4, -0.2) is 61.4 Å². The number of hydrogen-bond donors (Lipinski definition) is 1. The highest BCUT2D eigenvalue weighted by atomic mass is 16.5. The quantitative estimate of drug-likeness (QED) is 0.850.